The van der Waals surface area contributed by atoms with Crippen LogP contribution in [0.2, 0.25) is 0 Å². The molecular weight excluding hydrogens is 191 g/mol. The first-order valence-corrected chi connectivity index (χ1v) is 5.40. The Labute approximate surface area is 90.7 Å². The van der Waals surface area contributed by atoms with Gasteiger partial charge in [-0.2, -0.15) is 0 Å². The summed E-state index contributed by atoms with van der Waals surface area (Å²) in [5.41, 5.74) is 7.55. The van der Waals surface area contributed by atoms with Gasteiger partial charge in [0.2, 0.25) is 0 Å². The molecule has 0 spiro atoms. The second-order valence-corrected chi connectivity index (χ2v) is 3.74. The summed E-state index contributed by atoms with van der Waals surface area (Å²) in [6.45, 7) is 4.40. The summed E-state index contributed by atoms with van der Waals surface area (Å²) in [7, 11) is 0. The van der Waals surface area contributed by atoms with Crippen molar-refractivity contribution >= 4 is 0 Å². The molecule has 0 saturated carbocycles. The molecule has 0 saturated heterocycles. The number of unbranched alkanes of at least 4 members (excludes halogenated alkanes) is 1. The van der Waals surface area contributed by atoms with E-state index in [1.165, 1.54) is 6.07 Å². The second kappa shape index (κ2) is 6.53. The highest BCUT2D eigenvalue weighted by Gasteiger charge is 1.99. The van der Waals surface area contributed by atoms with E-state index in [1.807, 2.05) is 13.0 Å². The molecule has 0 atom stereocenters. The molecule has 1 aromatic rings. The molecule has 1 aromatic carbocycles. The zero-order chi connectivity index (χ0) is 11.1. The van der Waals surface area contributed by atoms with Crippen LogP contribution >= 0.6 is 0 Å². The van der Waals surface area contributed by atoms with E-state index in [0.717, 1.165) is 43.6 Å². The first-order valence-electron chi connectivity index (χ1n) is 5.40. The van der Waals surface area contributed by atoms with Gasteiger partial charge in [-0.25, -0.2) is 4.39 Å². The van der Waals surface area contributed by atoms with Gasteiger partial charge in [0.25, 0.3) is 0 Å². The zero-order valence-electron chi connectivity index (χ0n) is 9.22. The van der Waals surface area contributed by atoms with E-state index < -0.39 is 0 Å². The van der Waals surface area contributed by atoms with Crippen LogP contribution in [0.1, 0.15) is 24.0 Å². The molecule has 0 aliphatic rings. The molecule has 0 amide bonds. The van der Waals surface area contributed by atoms with E-state index in [9.17, 15) is 4.39 Å². The molecular formula is C12H19FN2. The number of aryl methyl sites for hydroxylation is 1. The Balaban J connectivity index is 2.33. The number of hydrogen-bond donors (Lipinski definition) is 2. The third-order valence-corrected chi connectivity index (χ3v) is 2.43. The van der Waals surface area contributed by atoms with Gasteiger partial charge in [0.1, 0.15) is 5.82 Å². The van der Waals surface area contributed by atoms with Crippen molar-refractivity contribution in [3.63, 3.8) is 0 Å². The van der Waals surface area contributed by atoms with Crippen molar-refractivity contribution in [1.29, 1.82) is 0 Å². The molecule has 3 N–H and O–H groups in total. The minimum absolute atomic E-state index is 0.167. The van der Waals surface area contributed by atoms with Crippen molar-refractivity contribution < 1.29 is 4.39 Å². The van der Waals surface area contributed by atoms with Gasteiger partial charge in [-0.05, 0) is 56.1 Å². The molecule has 1 rings (SSSR count). The normalized spacial score (nSPS) is 10.6. The van der Waals surface area contributed by atoms with E-state index in [4.69, 9.17) is 5.73 Å². The molecule has 84 valence electrons. The quantitative estimate of drug-likeness (QED) is 0.704. The van der Waals surface area contributed by atoms with Gasteiger partial charge in [0, 0.05) is 6.54 Å². The Hall–Kier alpha value is -0.930. The van der Waals surface area contributed by atoms with Crippen molar-refractivity contribution in [2.75, 3.05) is 13.1 Å². The summed E-state index contributed by atoms with van der Waals surface area (Å²) in [4.78, 5) is 0. The SMILES string of the molecule is Cc1ccc(F)cc1CNCCCCN. The molecule has 0 bridgehead atoms. The minimum Gasteiger partial charge on any atom is -0.330 e. The topological polar surface area (TPSA) is 38.0 Å². The van der Waals surface area contributed by atoms with Crippen molar-refractivity contribution in [2.24, 2.45) is 5.73 Å². The van der Waals surface area contributed by atoms with Crippen LogP contribution in [-0.2, 0) is 6.54 Å². The molecule has 0 aliphatic heterocycles. The van der Waals surface area contributed by atoms with E-state index in [0.29, 0.717) is 0 Å². The summed E-state index contributed by atoms with van der Waals surface area (Å²) in [6, 6.07) is 4.89. The predicted molar refractivity (Wildman–Crippen MR) is 61.1 cm³/mol. The number of nitrogens with two attached hydrogens (primary N) is 1. The number of benzene rings is 1. The molecule has 0 fully saturated rings. The predicted octanol–water partition coefficient (Wildman–Crippen LogP) is 1.96. The van der Waals surface area contributed by atoms with Crippen LogP contribution in [0.4, 0.5) is 4.39 Å². The lowest BCUT2D eigenvalue weighted by molar-refractivity contribution is 0.608. The average Bonchev–Trinajstić information content (AvgIpc) is 2.23. The Bertz CT molecular complexity index is 300. The average molecular weight is 210 g/mol. The third kappa shape index (κ3) is 4.40. The van der Waals surface area contributed by atoms with E-state index in [1.54, 1.807) is 6.07 Å². The van der Waals surface area contributed by atoms with Crippen molar-refractivity contribution in [3.8, 4) is 0 Å². The number of hydrogen-bond acceptors (Lipinski definition) is 2. The van der Waals surface area contributed by atoms with Gasteiger partial charge in [-0.3, -0.25) is 0 Å². The standard InChI is InChI=1S/C12H19FN2/c1-10-4-5-12(13)8-11(10)9-15-7-3-2-6-14/h4-5,8,15H,2-3,6-7,9,14H2,1H3. The second-order valence-electron chi connectivity index (χ2n) is 3.74. The molecule has 0 unspecified atom stereocenters. The molecule has 3 heteroatoms. The molecule has 2 nitrogen and oxygen atoms in total. The van der Waals surface area contributed by atoms with Gasteiger partial charge in [0.15, 0.2) is 0 Å². The van der Waals surface area contributed by atoms with Crippen molar-refractivity contribution in [1.82, 2.24) is 5.32 Å². The van der Waals surface area contributed by atoms with E-state index >= 15 is 0 Å². The minimum atomic E-state index is -0.167. The Kier molecular flexibility index (Phi) is 5.29. The lowest BCUT2D eigenvalue weighted by Crippen LogP contribution is -2.16. The van der Waals surface area contributed by atoms with E-state index in [-0.39, 0.29) is 5.82 Å². The lowest BCUT2D eigenvalue weighted by atomic mass is 10.1. The van der Waals surface area contributed by atoms with Gasteiger partial charge < -0.3 is 11.1 Å². The monoisotopic (exact) mass is 210 g/mol. The fourth-order valence-electron chi connectivity index (χ4n) is 1.45. The summed E-state index contributed by atoms with van der Waals surface area (Å²) < 4.78 is 12.9. The van der Waals surface area contributed by atoms with E-state index in [2.05, 4.69) is 5.32 Å². The Morgan fingerprint density at radius 1 is 1.33 bits per heavy atom. The smallest absolute Gasteiger partial charge is 0.123 e. The van der Waals surface area contributed by atoms with Crippen molar-refractivity contribution in [2.45, 2.75) is 26.3 Å². The number of nitrogens with one attached hydrogen (secondary N) is 1. The van der Waals surface area contributed by atoms with Gasteiger partial charge in [-0.15, -0.1) is 0 Å². The van der Waals surface area contributed by atoms with Crippen molar-refractivity contribution in [3.05, 3.63) is 35.1 Å². The highest BCUT2D eigenvalue weighted by molar-refractivity contribution is 5.26. The Morgan fingerprint density at radius 3 is 2.87 bits per heavy atom. The maximum absolute atomic E-state index is 12.9. The lowest BCUT2D eigenvalue weighted by Gasteiger charge is -2.07. The fraction of sp³-hybridized carbons (Fsp3) is 0.500. The zero-order valence-corrected chi connectivity index (χ0v) is 9.22. The van der Waals surface area contributed by atoms with Crippen LogP contribution < -0.4 is 11.1 Å². The Morgan fingerprint density at radius 2 is 2.13 bits per heavy atom. The van der Waals surface area contributed by atoms with Crippen LogP contribution in [0.3, 0.4) is 0 Å². The number of rotatable bonds is 6. The van der Waals surface area contributed by atoms with Crippen LogP contribution in [0.5, 0.6) is 0 Å². The van der Waals surface area contributed by atoms with Crippen LogP contribution in [0.25, 0.3) is 0 Å². The largest absolute Gasteiger partial charge is 0.330 e. The molecule has 0 heterocycles. The van der Waals surface area contributed by atoms with Crippen LogP contribution in [0.15, 0.2) is 18.2 Å². The third-order valence-electron chi connectivity index (χ3n) is 2.43. The van der Waals surface area contributed by atoms with Crippen LogP contribution in [-0.4, -0.2) is 13.1 Å². The molecule has 0 aliphatic carbocycles. The first-order chi connectivity index (χ1) is 7.24. The van der Waals surface area contributed by atoms with Gasteiger partial charge >= 0.3 is 0 Å². The molecule has 15 heavy (non-hydrogen) atoms. The maximum Gasteiger partial charge on any atom is 0.123 e. The van der Waals surface area contributed by atoms with Gasteiger partial charge in [0.05, 0.1) is 0 Å². The first kappa shape index (κ1) is 12.1. The van der Waals surface area contributed by atoms with Gasteiger partial charge in [-0.1, -0.05) is 6.07 Å². The molecule has 0 aromatic heterocycles. The summed E-state index contributed by atoms with van der Waals surface area (Å²) in [5, 5.41) is 3.28. The summed E-state index contributed by atoms with van der Waals surface area (Å²) in [5.74, 6) is -0.167. The highest BCUT2D eigenvalue weighted by atomic mass is 19.1. The summed E-state index contributed by atoms with van der Waals surface area (Å²) in [6.07, 6.45) is 2.11. The summed E-state index contributed by atoms with van der Waals surface area (Å²) >= 11 is 0. The molecule has 0 radical (unpaired) electrons. The highest BCUT2D eigenvalue weighted by Crippen LogP contribution is 2.09. The fourth-order valence-corrected chi connectivity index (χ4v) is 1.45. The van der Waals surface area contributed by atoms with Crippen LogP contribution in [0, 0.1) is 12.7 Å². The maximum atomic E-state index is 12.9. The number of halogens is 1.